The highest BCUT2D eigenvalue weighted by Gasteiger charge is 2.26. The first-order valence-corrected chi connectivity index (χ1v) is 8.00. The Hall–Kier alpha value is -1.39. The molecule has 0 unspecified atom stereocenters. The van der Waals surface area contributed by atoms with Crippen molar-refractivity contribution >= 4 is 23.3 Å². The van der Waals surface area contributed by atoms with Crippen LogP contribution in [0.3, 0.4) is 0 Å². The van der Waals surface area contributed by atoms with E-state index in [2.05, 4.69) is 66.4 Å². The van der Waals surface area contributed by atoms with Crippen LogP contribution < -0.4 is 0 Å². The van der Waals surface area contributed by atoms with Crippen molar-refractivity contribution in [1.82, 2.24) is 14.5 Å². The molecular formula is C17H23N3S. The highest BCUT2D eigenvalue weighted by Crippen LogP contribution is 2.34. The molecule has 0 saturated heterocycles. The molecule has 3 nitrogen and oxygen atoms in total. The van der Waals surface area contributed by atoms with Gasteiger partial charge in [-0.3, -0.25) is 4.90 Å². The molecule has 0 saturated carbocycles. The lowest BCUT2D eigenvalue weighted by Crippen LogP contribution is -2.30. The van der Waals surface area contributed by atoms with E-state index < -0.39 is 0 Å². The monoisotopic (exact) mass is 301 g/mol. The van der Waals surface area contributed by atoms with Crippen LogP contribution in [0.25, 0.3) is 11.0 Å². The van der Waals surface area contributed by atoms with Gasteiger partial charge in [0.15, 0.2) is 4.77 Å². The summed E-state index contributed by atoms with van der Waals surface area (Å²) in [5, 5.41) is 0. The second kappa shape index (κ2) is 5.43. The molecule has 2 aromatic rings. The van der Waals surface area contributed by atoms with E-state index in [0.29, 0.717) is 12.1 Å². The van der Waals surface area contributed by atoms with Crippen molar-refractivity contribution in [3.05, 3.63) is 40.2 Å². The Morgan fingerprint density at radius 1 is 1.38 bits per heavy atom. The predicted molar refractivity (Wildman–Crippen MR) is 91.3 cm³/mol. The summed E-state index contributed by atoms with van der Waals surface area (Å²) in [6.45, 7) is 10.9. The fraction of sp³-hybridized carbons (Fsp3) is 0.471. The number of nitrogens with one attached hydrogen (secondary N) is 1. The predicted octanol–water partition coefficient (Wildman–Crippen LogP) is 4.60. The van der Waals surface area contributed by atoms with Crippen molar-refractivity contribution in [3.63, 3.8) is 0 Å². The molecule has 4 heteroatoms. The first kappa shape index (κ1) is 14.5. The molecule has 1 aliphatic rings. The molecule has 1 aliphatic heterocycles. The van der Waals surface area contributed by atoms with Crippen LogP contribution in [-0.2, 0) is 0 Å². The summed E-state index contributed by atoms with van der Waals surface area (Å²) in [6.07, 6.45) is 2.31. The number of aromatic amines is 1. The van der Waals surface area contributed by atoms with Gasteiger partial charge in [-0.05, 0) is 51.5 Å². The van der Waals surface area contributed by atoms with Crippen LogP contribution in [0.15, 0.2) is 29.8 Å². The standard InChI is InChI=1S/C17H23N3S/c1-11(2)8-9-19-10-12(3)20-16-14(13(19)4)6-5-7-15(16)18-17(20)21/h5-8,12-13H,9-10H2,1-4H3,(H,18,21)/t12-,13+/m0/s1. The van der Waals surface area contributed by atoms with Crippen LogP contribution in [0.5, 0.6) is 0 Å². The molecule has 0 spiro atoms. The van der Waals surface area contributed by atoms with Crippen molar-refractivity contribution in [1.29, 1.82) is 0 Å². The molecule has 2 heterocycles. The zero-order valence-electron chi connectivity index (χ0n) is 13.2. The smallest absolute Gasteiger partial charge is 0.178 e. The quantitative estimate of drug-likeness (QED) is 0.647. The Morgan fingerprint density at radius 3 is 2.86 bits per heavy atom. The molecule has 0 fully saturated rings. The van der Waals surface area contributed by atoms with Gasteiger partial charge in [-0.2, -0.15) is 0 Å². The molecule has 0 amide bonds. The molecule has 0 aliphatic carbocycles. The van der Waals surface area contributed by atoms with Gasteiger partial charge in [0.1, 0.15) is 0 Å². The first-order chi connectivity index (χ1) is 9.99. The van der Waals surface area contributed by atoms with Crippen LogP contribution >= 0.6 is 12.2 Å². The molecule has 0 radical (unpaired) electrons. The SMILES string of the molecule is CC(C)=CCN1C[C@H](C)n2c(=S)[nH]c3cccc(c32)[C@H]1C. The Balaban J connectivity index is 2.14. The first-order valence-electron chi connectivity index (χ1n) is 7.59. The Morgan fingerprint density at radius 2 is 2.14 bits per heavy atom. The van der Waals surface area contributed by atoms with Crippen molar-refractivity contribution in [2.75, 3.05) is 13.1 Å². The second-order valence-corrected chi connectivity index (χ2v) is 6.69. The van der Waals surface area contributed by atoms with E-state index in [4.69, 9.17) is 12.2 Å². The number of aromatic nitrogens is 2. The third-order valence-electron chi connectivity index (χ3n) is 4.44. The number of nitrogens with zero attached hydrogens (tertiary/aromatic N) is 2. The van der Waals surface area contributed by atoms with Crippen molar-refractivity contribution in [2.45, 2.75) is 39.8 Å². The van der Waals surface area contributed by atoms with Gasteiger partial charge in [0.05, 0.1) is 11.0 Å². The van der Waals surface area contributed by atoms with Crippen LogP contribution in [-0.4, -0.2) is 27.5 Å². The number of hydrogen-bond acceptors (Lipinski definition) is 2. The van der Waals surface area contributed by atoms with E-state index in [-0.39, 0.29) is 0 Å². The van der Waals surface area contributed by atoms with Gasteiger partial charge in [-0.25, -0.2) is 0 Å². The number of H-pyrrole nitrogens is 1. The minimum Gasteiger partial charge on any atom is -0.331 e. The maximum Gasteiger partial charge on any atom is 0.178 e. The maximum absolute atomic E-state index is 5.54. The van der Waals surface area contributed by atoms with E-state index in [1.54, 1.807) is 0 Å². The largest absolute Gasteiger partial charge is 0.331 e. The average Bonchev–Trinajstić information content (AvgIpc) is 2.72. The van der Waals surface area contributed by atoms with Crippen molar-refractivity contribution < 1.29 is 0 Å². The van der Waals surface area contributed by atoms with Gasteiger partial charge in [-0.1, -0.05) is 23.8 Å². The van der Waals surface area contributed by atoms with Crippen molar-refractivity contribution in [2.24, 2.45) is 0 Å². The molecule has 21 heavy (non-hydrogen) atoms. The highest BCUT2D eigenvalue weighted by molar-refractivity contribution is 7.71. The highest BCUT2D eigenvalue weighted by atomic mass is 32.1. The van der Waals surface area contributed by atoms with Crippen LogP contribution in [0.2, 0.25) is 0 Å². The number of imidazole rings is 1. The Bertz CT molecular complexity index is 749. The Kier molecular flexibility index (Phi) is 3.76. The minimum atomic E-state index is 0.378. The van der Waals surface area contributed by atoms with Gasteiger partial charge in [-0.15, -0.1) is 0 Å². The minimum absolute atomic E-state index is 0.378. The second-order valence-electron chi connectivity index (χ2n) is 6.30. The fourth-order valence-corrected chi connectivity index (χ4v) is 3.66. The summed E-state index contributed by atoms with van der Waals surface area (Å²) in [5.74, 6) is 0. The summed E-state index contributed by atoms with van der Waals surface area (Å²) in [5.41, 5.74) is 5.17. The van der Waals surface area contributed by atoms with Crippen molar-refractivity contribution in [3.8, 4) is 0 Å². The molecule has 1 aromatic carbocycles. The lowest BCUT2D eigenvalue weighted by molar-refractivity contribution is 0.213. The summed E-state index contributed by atoms with van der Waals surface area (Å²) in [7, 11) is 0. The zero-order valence-corrected chi connectivity index (χ0v) is 14.0. The fourth-order valence-electron chi connectivity index (χ4n) is 3.27. The molecule has 112 valence electrons. The molecule has 1 N–H and O–H groups in total. The van der Waals surface area contributed by atoms with Crippen LogP contribution in [0.4, 0.5) is 0 Å². The molecule has 3 rings (SSSR count). The average molecular weight is 301 g/mol. The molecule has 0 bridgehead atoms. The van der Waals surface area contributed by atoms with E-state index in [1.165, 1.54) is 16.7 Å². The van der Waals surface area contributed by atoms with Gasteiger partial charge >= 0.3 is 0 Å². The maximum atomic E-state index is 5.54. The third-order valence-corrected chi connectivity index (χ3v) is 4.74. The number of hydrogen-bond donors (Lipinski definition) is 1. The summed E-state index contributed by atoms with van der Waals surface area (Å²) < 4.78 is 3.13. The topological polar surface area (TPSA) is 24.0 Å². The lowest BCUT2D eigenvalue weighted by atomic mass is 10.1. The van der Waals surface area contributed by atoms with Crippen LogP contribution in [0.1, 0.15) is 45.3 Å². The molecular weight excluding hydrogens is 278 g/mol. The van der Waals surface area contributed by atoms with Gasteiger partial charge in [0, 0.05) is 25.2 Å². The molecule has 2 atom stereocenters. The van der Waals surface area contributed by atoms with Gasteiger partial charge in [0.2, 0.25) is 0 Å². The summed E-state index contributed by atoms with van der Waals surface area (Å²) >= 11 is 5.54. The number of rotatable bonds is 2. The third kappa shape index (κ3) is 2.47. The van der Waals surface area contributed by atoms with E-state index in [0.717, 1.165) is 23.4 Å². The Labute approximate surface area is 131 Å². The van der Waals surface area contributed by atoms with Crippen LogP contribution in [0, 0.1) is 4.77 Å². The number of para-hydroxylation sites is 1. The van der Waals surface area contributed by atoms with E-state index >= 15 is 0 Å². The van der Waals surface area contributed by atoms with E-state index in [1.807, 2.05) is 0 Å². The number of benzene rings is 1. The van der Waals surface area contributed by atoms with Gasteiger partial charge < -0.3 is 9.55 Å². The number of allylic oxidation sites excluding steroid dienone is 1. The molecule has 1 aromatic heterocycles. The van der Waals surface area contributed by atoms with Gasteiger partial charge in [0.25, 0.3) is 0 Å². The normalized spacial score (nSPS) is 22.3. The summed E-state index contributed by atoms with van der Waals surface area (Å²) in [6, 6.07) is 7.25. The summed E-state index contributed by atoms with van der Waals surface area (Å²) in [4.78, 5) is 5.89. The lowest BCUT2D eigenvalue weighted by Gasteiger charge is -2.28. The zero-order chi connectivity index (χ0) is 15.1. The van der Waals surface area contributed by atoms with E-state index in [9.17, 15) is 0 Å².